The molecule has 2 aromatic rings. The van der Waals surface area contributed by atoms with Gasteiger partial charge in [0.1, 0.15) is 5.56 Å². The highest BCUT2D eigenvalue weighted by atomic mass is 35.5. The summed E-state index contributed by atoms with van der Waals surface area (Å²) >= 11 is 6.88. The second-order valence-electron chi connectivity index (χ2n) is 3.63. The molecule has 0 saturated carbocycles. The van der Waals surface area contributed by atoms with Crippen molar-refractivity contribution in [3.63, 3.8) is 0 Å². The van der Waals surface area contributed by atoms with Crippen molar-refractivity contribution in [3.05, 3.63) is 44.8 Å². The topological polar surface area (TPSA) is 74.8 Å². The van der Waals surface area contributed by atoms with Crippen molar-refractivity contribution in [2.45, 2.75) is 12.8 Å². The highest BCUT2D eigenvalue weighted by Gasteiger charge is 2.12. The maximum Gasteiger partial charge on any atom is 0.262 e. The Morgan fingerprint density at radius 3 is 3.00 bits per heavy atom. The number of nitrogens with zero attached hydrogens (tertiary/aromatic N) is 1. The summed E-state index contributed by atoms with van der Waals surface area (Å²) in [6.07, 6.45) is 1.39. The summed E-state index contributed by atoms with van der Waals surface area (Å²) in [5.41, 5.74) is 1.13. The molecular weight excluding hydrogens is 274 g/mol. The summed E-state index contributed by atoms with van der Waals surface area (Å²) in [6.45, 7) is 1.75. The summed E-state index contributed by atoms with van der Waals surface area (Å²) in [6, 6.07) is 1.38. The molecular formula is C11H10ClN3O2S. The number of carbonyl (C=O) groups is 1. The van der Waals surface area contributed by atoms with Gasteiger partial charge in [0.2, 0.25) is 0 Å². The third-order valence-electron chi connectivity index (χ3n) is 2.21. The number of halogens is 1. The number of hydrogen-bond donors (Lipinski definition) is 2. The highest BCUT2D eigenvalue weighted by molar-refractivity contribution is 7.14. The molecule has 0 atom stereocenters. The molecule has 2 rings (SSSR count). The van der Waals surface area contributed by atoms with Crippen LogP contribution in [0.4, 0.5) is 5.13 Å². The number of H-pyrrole nitrogens is 1. The van der Waals surface area contributed by atoms with Crippen molar-refractivity contribution in [3.8, 4) is 0 Å². The van der Waals surface area contributed by atoms with E-state index < -0.39 is 5.91 Å². The van der Waals surface area contributed by atoms with E-state index in [0.717, 1.165) is 0 Å². The van der Waals surface area contributed by atoms with Gasteiger partial charge in [-0.05, 0) is 6.92 Å². The minimum atomic E-state index is -0.480. The molecule has 2 N–H and O–H groups in total. The SMILES string of the molecule is Cc1cc(=O)c(C(=O)Nc2nc(CCl)cs2)c[nH]1. The monoisotopic (exact) mass is 283 g/mol. The Morgan fingerprint density at radius 1 is 1.61 bits per heavy atom. The van der Waals surface area contributed by atoms with E-state index in [2.05, 4.69) is 15.3 Å². The van der Waals surface area contributed by atoms with Crippen LogP contribution in [0.2, 0.25) is 0 Å². The number of nitrogens with one attached hydrogen (secondary N) is 2. The van der Waals surface area contributed by atoms with Crippen LogP contribution in [0, 0.1) is 6.92 Å². The molecule has 0 fully saturated rings. The fourth-order valence-corrected chi connectivity index (χ4v) is 2.27. The largest absolute Gasteiger partial charge is 0.364 e. The van der Waals surface area contributed by atoms with Gasteiger partial charge < -0.3 is 4.98 Å². The summed E-state index contributed by atoms with van der Waals surface area (Å²) < 4.78 is 0. The standard InChI is InChI=1S/C11H10ClN3O2S/c1-6-2-9(16)8(4-13-6)10(17)15-11-14-7(3-12)5-18-11/h2,4-5H,3H2,1H3,(H,13,16)(H,14,15,17). The van der Waals surface area contributed by atoms with Crippen LogP contribution >= 0.6 is 22.9 Å². The lowest BCUT2D eigenvalue weighted by Gasteiger charge is -2.01. The first-order valence-corrected chi connectivity index (χ1v) is 6.52. The van der Waals surface area contributed by atoms with Crippen LogP contribution in [0.5, 0.6) is 0 Å². The number of carbonyl (C=O) groups excluding carboxylic acids is 1. The Labute approximate surface area is 112 Å². The van der Waals surface area contributed by atoms with Gasteiger partial charge in [-0.25, -0.2) is 4.98 Å². The van der Waals surface area contributed by atoms with Gasteiger partial charge in [0, 0.05) is 23.3 Å². The zero-order valence-corrected chi connectivity index (χ0v) is 11.1. The van der Waals surface area contributed by atoms with Crippen molar-refractivity contribution in [2.24, 2.45) is 0 Å². The van der Waals surface area contributed by atoms with E-state index in [-0.39, 0.29) is 16.9 Å². The first-order valence-electron chi connectivity index (χ1n) is 5.11. The van der Waals surface area contributed by atoms with Gasteiger partial charge in [0.15, 0.2) is 10.6 Å². The smallest absolute Gasteiger partial charge is 0.262 e. The molecule has 94 valence electrons. The van der Waals surface area contributed by atoms with Crippen LogP contribution < -0.4 is 10.7 Å². The van der Waals surface area contributed by atoms with Crippen molar-refractivity contribution >= 4 is 34.0 Å². The lowest BCUT2D eigenvalue weighted by Crippen LogP contribution is -2.21. The molecule has 0 aliphatic heterocycles. The van der Waals surface area contributed by atoms with Crippen molar-refractivity contribution in [1.29, 1.82) is 0 Å². The summed E-state index contributed by atoms with van der Waals surface area (Å²) in [5.74, 6) is -0.191. The van der Waals surface area contributed by atoms with Crippen molar-refractivity contribution in [2.75, 3.05) is 5.32 Å². The second-order valence-corrected chi connectivity index (χ2v) is 4.75. The number of hydrogen-bond acceptors (Lipinski definition) is 4. The Bertz CT molecular complexity index is 635. The van der Waals surface area contributed by atoms with E-state index in [4.69, 9.17) is 11.6 Å². The van der Waals surface area contributed by atoms with Crippen LogP contribution in [0.3, 0.4) is 0 Å². The van der Waals surface area contributed by atoms with Gasteiger partial charge in [-0.2, -0.15) is 0 Å². The van der Waals surface area contributed by atoms with Crippen molar-refractivity contribution in [1.82, 2.24) is 9.97 Å². The molecule has 0 aliphatic rings. The Kier molecular flexibility index (Phi) is 3.78. The molecule has 5 nitrogen and oxygen atoms in total. The van der Waals surface area contributed by atoms with Crippen LogP contribution in [0.1, 0.15) is 21.7 Å². The van der Waals surface area contributed by atoms with E-state index in [9.17, 15) is 9.59 Å². The summed E-state index contributed by atoms with van der Waals surface area (Å²) in [7, 11) is 0. The number of amides is 1. The number of aromatic amines is 1. The third-order valence-corrected chi connectivity index (χ3v) is 3.29. The Hall–Kier alpha value is -1.66. The summed E-state index contributed by atoms with van der Waals surface area (Å²) in [5, 5.41) is 4.74. The molecule has 7 heteroatoms. The molecule has 0 aliphatic carbocycles. The zero-order valence-electron chi connectivity index (χ0n) is 9.49. The van der Waals surface area contributed by atoms with Crippen molar-refractivity contribution < 1.29 is 4.79 Å². The lowest BCUT2D eigenvalue weighted by molar-refractivity contribution is 0.102. The van der Waals surface area contributed by atoms with E-state index in [1.54, 1.807) is 12.3 Å². The van der Waals surface area contributed by atoms with Gasteiger partial charge in [-0.1, -0.05) is 0 Å². The van der Waals surface area contributed by atoms with Gasteiger partial charge >= 0.3 is 0 Å². The first-order chi connectivity index (χ1) is 8.60. The molecule has 2 heterocycles. The molecule has 0 spiro atoms. The highest BCUT2D eigenvalue weighted by Crippen LogP contribution is 2.17. The fraction of sp³-hybridized carbons (Fsp3) is 0.182. The van der Waals surface area contributed by atoms with E-state index in [0.29, 0.717) is 16.5 Å². The first kappa shape index (κ1) is 12.8. The molecule has 0 aromatic carbocycles. The molecule has 1 amide bonds. The zero-order chi connectivity index (χ0) is 13.1. The van der Waals surface area contributed by atoms with Crippen LogP contribution in [-0.2, 0) is 5.88 Å². The summed E-state index contributed by atoms with van der Waals surface area (Å²) in [4.78, 5) is 30.4. The van der Waals surface area contributed by atoms with E-state index >= 15 is 0 Å². The Morgan fingerprint density at radius 2 is 2.39 bits per heavy atom. The van der Waals surface area contributed by atoms with Crippen LogP contribution in [-0.4, -0.2) is 15.9 Å². The quantitative estimate of drug-likeness (QED) is 0.848. The lowest BCUT2D eigenvalue weighted by atomic mass is 10.2. The molecule has 2 aromatic heterocycles. The van der Waals surface area contributed by atoms with E-state index in [1.165, 1.54) is 23.6 Å². The number of aromatic nitrogens is 2. The predicted octanol–water partition coefficient (Wildman–Crippen LogP) is 2.13. The molecule has 18 heavy (non-hydrogen) atoms. The minimum Gasteiger partial charge on any atom is -0.364 e. The third kappa shape index (κ3) is 2.77. The van der Waals surface area contributed by atoms with Gasteiger partial charge in [-0.3, -0.25) is 14.9 Å². The molecule has 0 saturated heterocycles. The molecule has 0 unspecified atom stereocenters. The number of rotatable bonds is 3. The van der Waals surface area contributed by atoms with Crippen LogP contribution in [0.15, 0.2) is 22.4 Å². The minimum absolute atomic E-state index is 0.0585. The average molecular weight is 284 g/mol. The van der Waals surface area contributed by atoms with Gasteiger partial charge in [0.05, 0.1) is 11.6 Å². The van der Waals surface area contributed by atoms with E-state index in [1.807, 2.05) is 0 Å². The van der Waals surface area contributed by atoms with Crippen LogP contribution in [0.25, 0.3) is 0 Å². The predicted molar refractivity (Wildman–Crippen MR) is 71.4 cm³/mol. The van der Waals surface area contributed by atoms with Gasteiger partial charge in [-0.15, -0.1) is 22.9 Å². The Balaban J connectivity index is 2.19. The number of anilines is 1. The fourth-order valence-electron chi connectivity index (χ4n) is 1.34. The molecule has 0 radical (unpaired) electrons. The number of pyridine rings is 1. The second kappa shape index (κ2) is 5.32. The maximum atomic E-state index is 11.8. The maximum absolute atomic E-state index is 11.8. The number of alkyl halides is 1. The normalized spacial score (nSPS) is 10.3. The number of aryl methyl sites for hydroxylation is 1. The average Bonchev–Trinajstić information content (AvgIpc) is 2.76. The molecule has 0 bridgehead atoms. The number of thiazole rings is 1. The van der Waals surface area contributed by atoms with Gasteiger partial charge in [0.25, 0.3) is 5.91 Å².